The molecule has 0 aliphatic carbocycles. The quantitative estimate of drug-likeness (QED) is 0.799. The summed E-state index contributed by atoms with van der Waals surface area (Å²) < 4.78 is 11.9. The summed E-state index contributed by atoms with van der Waals surface area (Å²) >= 11 is 0. The van der Waals surface area contributed by atoms with Gasteiger partial charge in [-0.25, -0.2) is 0 Å². The number of carbonyl (C=O) groups is 1. The molecule has 110 valence electrons. The van der Waals surface area contributed by atoms with Crippen molar-refractivity contribution in [1.29, 1.82) is 5.26 Å². The maximum atomic E-state index is 11.4. The van der Waals surface area contributed by atoms with E-state index in [1.54, 1.807) is 12.1 Å². The third-order valence-electron chi connectivity index (χ3n) is 4.33. The van der Waals surface area contributed by atoms with Gasteiger partial charge in [-0.1, -0.05) is 24.3 Å². The molecular formula is C16H20BNO3. The molecule has 5 heteroatoms. The Bertz CT molecular complexity index is 571. The molecule has 0 saturated carbocycles. The molecule has 1 aliphatic heterocycles. The molecule has 0 radical (unpaired) electrons. The van der Waals surface area contributed by atoms with E-state index < -0.39 is 13.0 Å². The molecule has 1 heterocycles. The Morgan fingerprint density at radius 2 is 1.62 bits per heavy atom. The van der Waals surface area contributed by atoms with E-state index in [0.717, 1.165) is 5.46 Å². The zero-order chi connectivity index (χ0) is 15.8. The van der Waals surface area contributed by atoms with Crippen LogP contribution in [-0.4, -0.2) is 24.1 Å². The van der Waals surface area contributed by atoms with Crippen LogP contribution in [-0.2, 0) is 14.1 Å². The van der Waals surface area contributed by atoms with Crippen molar-refractivity contribution in [3.8, 4) is 6.07 Å². The Morgan fingerprint density at radius 3 is 2.00 bits per heavy atom. The summed E-state index contributed by atoms with van der Waals surface area (Å²) in [5.41, 5.74) is 0.818. The van der Waals surface area contributed by atoms with Gasteiger partial charge >= 0.3 is 7.12 Å². The molecule has 1 unspecified atom stereocenters. The Kier molecular flexibility index (Phi) is 3.96. The normalized spacial score (nSPS) is 20.9. The van der Waals surface area contributed by atoms with Gasteiger partial charge in [0.15, 0.2) is 5.78 Å². The van der Waals surface area contributed by atoms with Crippen molar-refractivity contribution >= 4 is 18.4 Å². The van der Waals surface area contributed by atoms with Gasteiger partial charge in [-0.2, -0.15) is 5.26 Å². The number of nitriles is 1. The predicted octanol–water partition coefficient (Wildman–Crippen LogP) is 2.18. The SMILES string of the molecule is CC(=O)C(C#N)c1ccc(B2OC(C)(C)C(C)(C)O2)cc1. The summed E-state index contributed by atoms with van der Waals surface area (Å²) in [5, 5.41) is 9.05. The molecule has 0 amide bonds. The van der Waals surface area contributed by atoms with Crippen molar-refractivity contribution in [3.63, 3.8) is 0 Å². The summed E-state index contributed by atoms with van der Waals surface area (Å²) in [5.74, 6) is -0.863. The van der Waals surface area contributed by atoms with Gasteiger partial charge in [-0.05, 0) is 45.6 Å². The molecule has 1 fully saturated rings. The van der Waals surface area contributed by atoms with Crippen LogP contribution in [0.1, 0.15) is 46.1 Å². The molecule has 1 atom stereocenters. The average molecular weight is 285 g/mol. The van der Waals surface area contributed by atoms with E-state index in [1.165, 1.54) is 6.92 Å². The Balaban J connectivity index is 2.22. The van der Waals surface area contributed by atoms with Crippen LogP contribution >= 0.6 is 0 Å². The lowest BCUT2D eigenvalue weighted by Gasteiger charge is -2.32. The zero-order valence-corrected chi connectivity index (χ0v) is 13.1. The molecule has 0 N–H and O–H groups in total. The summed E-state index contributed by atoms with van der Waals surface area (Å²) in [4.78, 5) is 11.4. The topological polar surface area (TPSA) is 59.3 Å². The summed E-state index contributed by atoms with van der Waals surface area (Å²) in [6.45, 7) is 9.44. The first-order valence-electron chi connectivity index (χ1n) is 7.03. The van der Waals surface area contributed by atoms with Crippen molar-refractivity contribution in [3.05, 3.63) is 29.8 Å². The molecule has 2 rings (SSSR count). The van der Waals surface area contributed by atoms with E-state index in [4.69, 9.17) is 14.6 Å². The third kappa shape index (κ3) is 2.87. The highest BCUT2D eigenvalue weighted by molar-refractivity contribution is 6.62. The van der Waals surface area contributed by atoms with E-state index in [0.29, 0.717) is 5.56 Å². The van der Waals surface area contributed by atoms with Gasteiger partial charge in [0.25, 0.3) is 0 Å². The fourth-order valence-electron chi connectivity index (χ4n) is 2.22. The maximum Gasteiger partial charge on any atom is 0.494 e. The van der Waals surface area contributed by atoms with Gasteiger partial charge in [0.2, 0.25) is 0 Å². The summed E-state index contributed by atoms with van der Waals surface area (Å²) in [6, 6.07) is 9.30. The first-order valence-corrected chi connectivity index (χ1v) is 7.03. The third-order valence-corrected chi connectivity index (χ3v) is 4.33. The van der Waals surface area contributed by atoms with E-state index >= 15 is 0 Å². The van der Waals surface area contributed by atoms with Gasteiger partial charge in [-0.15, -0.1) is 0 Å². The highest BCUT2D eigenvalue weighted by Gasteiger charge is 2.51. The molecule has 4 nitrogen and oxygen atoms in total. The number of hydrogen-bond donors (Lipinski definition) is 0. The highest BCUT2D eigenvalue weighted by atomic mass is 16.7. The second kappa shape index (κ2) is 5.29. The number of nitrogens with zero attached hydrogens (tertiary/aromatic N) is 1. The average Bonchev–Trinajstić information content (AvgIpc) is 2.59. The smallest absolute Gasteiger partial charge is 0.399 e. The number of carbonyl (C=O) groups excluding carboxylic acids is 1. The molecule has 0 spiro atoms. The van der Waals surface area contributed by atoms with Gasteiger partial charge in [0.05, 0.1) is 17.3 Å². The van der Waals surface area contributed by atoms with Crippen LogP contribution in [0.4, 0.5) is 0 Å². The number of Topliss-reactive ketones (excluding diaryl/α,β-unsaturated/α-hetero) is 1. The monoisotopic (exact) mass is 285 g/mol. The lowest BCUT2D eigenvalue weighted by molar-refractivity contribution is -0.117. The molecule has 1 aromatic rings. The van der Waals surface area contributed by atoms with E-state index in [9.17, 15) is 4.79 Å². The van der Waals surface area contributed by atoms with Crippen LogP contribution < -0.4 is 5.46 Å². The van der Waals surface area contributed by atoms with Crippen LogP contribution in [0, 0.1) is 11.3 Å². The van der Waals surface area contributed by atoms with Crippen molar-refractivity contribution in [2.24, 2.45) is 0 Å². The second-order valence-electron chi connectivity index (χ2n) is 6.43. The minimum absolute atomic E-state index is 0.152. The first kappa shape index (κ1) is 15.7. The zero-order valence-electron chi connectivity index (χ0n) is 13.1. The summed E-state index contributed by atoms with van der Waals surface area (Å²) in [6.07, 6.45) is 0. The second-order valence-corrected chi connectivity index (χ2v) is 6.43. The van der Waals surface area contributed by atoms with Crippen LogP contribution in [0.3, 0.4) is 0 Å². The van der Waals surface area contributed by atoms with E-state index in [2.05, 4.69) is 0 Å². The molecule has 0 aromatic heterocycles. The number of benzene rings is 1. The van der Waals surface area contributed by atoms with Gasteiger partial charge in [0, 0.05) is 0 Å². The lowest BCUT2D eigenvalue weighted by Crippen LogP contribution is -2.41. The van der Waals surface area contributed by atoms with Crippen LogP contribution in [0.25, 0.3) is 0 Å². The van der Waals surface area contributed by atoms with Crippen molar-refractivity contribution < 1.29 is 14.1 Å². The first-order chi connectivity index (χ1) is 9.68. The van der Waals surface area contributed by atoms with Crippen LogP contribution in [0.15, 0.2) is 24.3 Å². The van der Waals surface area contributed by atoms with Crippen LogP contribution in [0.5, 0.6) is 0 Å². The minimum atomic E-state index is -0.711. The molecular weight excluding hydrogens is 265 g/mol. The standard InChI is InChI=1S/C16H20BNO3/c1-11(19)14(10-18)12-6-8-13(9-7-12)17-20-15(2,3)16(4,5)21-17/h6-9,14H,1-5H3. The fraction of sp³-hybridized carbons (Fsp3) is 0.500. The van der Waals surface area contributed by atoms with Gasteiger partial charge in [-0.3, -0.25) is 4.79 Å². The Morgan fingerprint density at radius 1 is 1.14 bits per heavy atom. The highest BCUT2D eigenvalue weighted by Crippen LogP contribution is 2.36. The van der Waals surface area contributed by atoms with Crippen LogP contribution in [0.2, 0.25) is 0 Å². The molecule has 1 aromatic carbocycles. The van der Waals surface area contributed by atoms with Gasteiger partial charge in [0.1, 0.15) is 5.92 Å². The minimum Gasteiger partial charge on any atom is -0.399 e. The maximum absolute atomic E-state index is 11.4. The van der Waals surface area contributed by atoms with E-state index in [-0.39, 0.29) is 17.0 Å². The number of hydrogen-bond acceptors (Lipinski definition) is 4. The van der Waals surface area contributed by atoms with E-state index in [1.807, 2.05) is 45.9 Å². The molecule has 1 saturated heterocycles. The number of rotatable bonds is 3. The summed E-state index contributed by atoms with van der Waals surface area (Å²) in [7, 11) is -0.429. The number of ketones is 1. The molecule has 0 bridgehead atoms. The molecule has 1 aliphatic rings. The predicted molar refractivity (Wildman–Crippen MR) is 81.2 cm³/mol. The van der Waals surface area contributed by atoms with Crippen molar-refractivity contribution in [2.45, 2.75) is 51.7 Å². The Labute approximate surface area is 126 Å². The molecule has 21 heavy (non-hydrogen) atoms. The van der Waals surface area contributed by atoms with Crippen molar-refractivity contribution in [1.82, 2.24) is 0 Å². The lowest BCUT2D eigenvalue weighted by atomic mass is 9.78. The largest absolute Gasteiger partial charge is 0.494 e. The Hall–Kier alpha value is -1.64. The van der Waals surface area contributed by atoms with Crippen molar-refractivity contribution in [2.75, 3.05) is 0 Å². The van der Waals surface area contributed by atoms with Gasteiger partial charge < -0.3 is 9.31 Å². The fourth-order valence-corrected chi connectivity index (χ4v) is 2.22.